The van der Waals surface area contributed by atoms with Crippen LogP contribution in [0.3, 0.4) is 0 Å². The maximum absolute atomic E-state index is 11.2. The van der Waals surface area contributed by atoms with Crippen LogP contribution in [0.25, 0.3) is 0 Å². The van der Waals surface area contributed by atoms with E-state index in [1.807, 2.05) is 12.1 Å². The van der Waals surface area contributed by atoms with Gasteiger partial charge in [-0.3, -0.25) is 9.78 Å². The van der Waals surface area contributed by atoms with E-state index in [-0.39, 0.29) is 11.9 Å². The van der Waals surface area contributed by atoms with Gasteiger partial charge in [-0.05, 0) is 17.7 Å². The quantitative estimate of drug-likeness (QED) is 0.652. The van der Waals surface area contributed by atoms with Crippen LogP contribution in [0.15, 0.2) is 24.5 Å². The molecule has 0 radical (unpaired) electrons. The first-order valence-corrected chi connectivity index (χ1v) is 4.39. The minimum Gasteiger partial charge on any atom is -0.373 e. The first-order valence-electron chi connectivity index (χ1n) is 4.39. The number of ketones is 1. The number of nitrogens with zero attached hydrogens (tertiary/aromatic N) is 1. The van der Waals surface area contributed by atoms with Crippen LogP contribution in [0.4, 0.5) is 0 Å². The van der Waals surface area contributed by atoms with Gasteiger partial charge in [0.15, 0.2) is 0 Å². The van der Waals surface area contributed by atoms with E-state index in [1.54, 1.807) is 12.4 Å². The van der Waals surface area contributed by atoms with Crippen LogP contribution < -0.4 is 0 Å². The fourth-order valence-electron chi connectivity index (χ4n) is 1.47. The molecule has 0 amide bonds. The van der Waals surface area contributed by atoms with Crippen molar-refractivity contribution in [1.82, 2.24) is 4.98 Å². The summed E-state index contributed by atoms with van der Waals surface area (Å²) in [5.41, 5.74) is 1.04. The van der Waals surface area contributed by atoms with Crippen LogP contribution in [0, 0.1) is 0 Å². The van der Waals surface area contributed by atoms with E-state index >= 15 is 0 Å². The minimum absolute atomic E-state index is 0.0516. The molecule has 0 N–H and O–H groups in total. The van der Waals surface area contributed by atoms with E-state index in [4.69, 9.17) is 4.74 Å². The number of hydrogen-bond donors (Lipinski definition) is 0. The highest BCUT2D eigenvalue weighted by Gasteiger charge is 2.21. The first-order chi connectivity index (χ1) is 6.36. The Bertz CT molecular complexity index is 297. The van der Waals surface area contributed by atoms with E-state index in [0.29, 0.717) is 19.4 Å². The lowest BCUT2D eigenvalue weighted by atomic mass is 10.0. The number of carbonyl (C=O) groups is 1. The SMILES string of the molecule is O=C1CCO[C@@H](c2ccncc2)C1. The predicted octanol–water partition coefficient (Wildman–Crippen LogP) is 1.50. The summed E-state index contributed by atoms with van der Waals surface area (Å²) in [6, 6.07) is 3.78. The van der Waals surface area contributed by atoms with Crippen molar-refractivity contribution in [3.63, 3.8) is 0 Å². The highest BCUT2D eigenvalue weighted by molar-refractivity contribution is 5.79. The van der Waals surface area contributed by atoms with Crippen molar-refractivity contribution in [1.29, 1.82) is 0 Å². The summed E-state index contributed by atoms with van der Waals surface area (Å²) >= 11 is 0. The van der Waals surface area contributed by atoms with Gasteiger partial charge in [-0.15, -0.1) is 0 Å². The topological polar surface area (TPSA) is 39.2 Å². The second-order valence-corrected chi connectivity index (χ2v) is 3.13. The van der Waals surface area contributed by atoms with Crippen molar-refractivity contribution in [2.75, 3.05) is 6.61 Å². The average Bonchev–Trinajstić information content (AvgIpc) is 2.19. The maximum atomic E-state index is 11.2. The molecule has 1 atom stereocenters. The molecule has 1 fully saturated rings. The zero-order chi connectivity index (χ0) is 9.10. The predicted molar refractivity (Wildman–Crippen MR) is 47.2 cm³/mol. The number of aromatic nitrogens is 1. The molecule has 68 valence electrons. The summed E-state index contributed by atoms with van der Waals surface area (Å²) in [5, 5.41) is 0. The van der Waals surface area contributed by atoms with Gasteiger partial charge in [-0.25, -0.2) is 0 Å². The highest BCUT2D eigenvalue weighted by Crippen LogP contribution is 2.24. The Morgan fingerprint density at radius 1 is 1.38 bits per heavy atom. The Morgan fingerprint density at radius 2 is 2.15 bits per heavy atom. The van der Waals surface area contributed by atoms with Crippen molar-refractivity contribution >= 4 is 5.78 Å². The van der Waals surface area contributed by atoms with Crippen molar-refractivity contribution in [2.24, 2.45) is 0 Å². The average molecular weight is 177 g/mol. The molecule has 1 saturated heterocycles. The fraction of sp³-hybridized carbons (Fsp3) is 0.400. The molecule has 1 aliphatic heterocycles. The summed E-state index contributed by atoms with van der Waals surface area (Å²) < 4.78 is 5.49. The minimum atomic E-state index is -0.0516. The van der Waals surface area contributed by atoms with Crippen LogP contribution >= 0.6 is 0 Å². The standard InChI is InChI=1S/C10H11NO2/c12-9-3-6-13-10(7-9)8-1-4-11-5-2-8/h1-2,4-5,10H,3,6-7H2/t10-/m1/s1. The monoisotopic (exact) mass is 177 g/mol. The van der Waals surface area contributed by atoms with Gasteiger partial charge in [0.1, 0.15) is 5.78 Å². The number of Topliss-reactive ketones (excluding diaryl/α,β-unsaturated/α-hetero) is 1. The fourth-order valence-corrected chi connectivity index (χ4v) is 1.47. The zero-order valence-electron chi connectivity index (χ0n) is 7.27. The summed E-state index contributed by atoms with van der Waals surface area (Å²) in [6.07, 6.45) is 4.45. The molecule has 0 spiro atoms. The number of pyridine rings is 1. The van der Waals surface area contributed by atoms with Crippen LogP contribution in [0.5, 0.6) is 0 Å². The van der Waals surface area contributed by atoms with Crippen molar-refractivity contribution in [3.05, 3.63) is 30.1 Å². The molecule has 3 nitrogen and oxygen atoms in total. The molecule has 1 aromatic heterocycles. The molecule has 0 aromatic carbocycles. The van der Waals surface area contributed by atoms with Crippen molar-refractivity contribution in [3.8, 4) is 0 Å². The van der Waals surface area contributed by atoms with E-state index in [1.165, 1.54) is 0 Å². The molecule has 2 heterocycles. The van der Waals surface area contributed by atoms with Crippen LogP contribution in [-0.2, 0) is 9.53 Å². The van der Waals surface area contributed by atoms with Gasteiger partial charge in [-0.1, -0.05) is 0 Å². The van der Waals surface area contributed by atoms with E-state index < -0.39 is 0 Å². The maximum Gasteiger partial charge on any atom is 0.138 e. The van der Waals surface area contributed by atoms with Gasteiger partial charge < -0.3 is 4.74 Å². The summed E-state index contributed by atoms with van der Waals surface area (Å²) in [5.74, 6) is 0.285. The lowest BCUT2D eigenvalue weighted by Gasteiger charge is -2.21. The summed E-state index contributed by atoms with van der Waals surface area (Å²) in [6.45, 7) is 0.547. The van der Waals surface area contributed by atoms with E-state index in [2.05, 4.69) is 4.98 Å². The molecule has 1 aliphatic rings. The van der Waals surface area contributed by atoms with Gasteiger partial charge in [0.2, 0.25) is 0 Å². The number of rotatable bonds is 1. The number of carbonyl (C=O) groups excluding carboxylic acids is 1. The van der Waals surface area contributed by atoms with Crippen LogP contribution in [0.2, 0.25) is 0 Å². The Kier molecular flexibility index (Phi) is 2.36. The normalized spacial score (nSPS) is 23.1. The summed E-state index contributed by atoms with van der Waals surface area (Å²) in [4.78, 5) is 15.1. The van der Waals surface area contributed by atoms with Crippen molar-refractivity contribution in [2.45, 2.75) is 18.9 Å². The molecule has 0 unspecified atom stereocenters. The smallest absolute Gasteiger partial charge is 0.138 e. The number of hydrogen-bond acceptors (Lipinski definition) is 3. The summed E-state index contributed by atoms with van der Waals surface area (Å²) in [7, 11) is 0. The van der Waals surface area contributed by atoms with Gasteiger partial charge in [0.25, 0.3) is 0 Å². The second kappa shape index (κ2) is 3.66. The van der Waals surface area contributed by atoms with Gasteiger partial charge in [0, 0.05) is 25.2 Å². The van der Waals surface area contributed by atoms with Gasteiger partial charge >= 0.3 is 0 Å². The molecule has 2 rings (SSSR count). The largest absolute Gasteiger partial charge is 0.373 e. The molecular weight excluding hydrogens is 166 g/mol. The highest BCUT2D eigenvalue weighted by atomic mass is 16.5. The molecule has 13 heavy (non-hydrogen) atoms. The lowest BCUT2D eigenvalue weighted by Crippen LogP contribution is -2.19. The Morgan fingerprint density at radius 3 is 2.85 bits per heavy atom. The molecule has 0 saturated carbocycles. The molecule has 0 aliphatic carbocycles. The molecule has 3 heteroatoms. The van der Waals surface area contributed by atoms with E-state index in [9.17, 15) is 4.79 Å². The lowest BCUT2D eigenvalue weighted by molar-refractivity contribution is -0.128. The van der Waals surface area contributed by atoms with Gasteiger partial charge in [-0.2, -0.15) is 0 Å². The Labute approximate surface area is 76.7 Å². The third-order valence-corrected chi connectivity index (χ3v) is 2.19. The third kappa shape index (κ3) is 1.92. The molecule has 1 aromatic rings. The first kappa shape index (κ1) is 8.38. The molecular formula is C10H11NO2. The van der Waals surface area contributed by atoms with Crippen LogP contribution in [-0.4, -0.2) is 17.4 Å². The van der Waals surface area contributed by atoms with Gasteiger partial charge in [0.05, 0.1) is 12.7 Å². The molecule has 0 bridgehead atoms. The Hall–Kier alpha value is -1.22. The Balaban J connectivity index is 2.13. The third-order valence-electron chi connectivity index (χ3n) is 2.19. The van der Waals surface area contributed by atoms with E-state index in [0.717, 1.165) is 5.56 Å². The van der Waals surface area contributed by atoms with Crippen LogP contribution in [0.1, 0.15) is 24.5 Å². The zero-order valence-corrected chi connectivity index (χ0v) is 7.27. The second-order valence-electron chi connectivity index (χ2n) is 3.13. The van der Waals surface area contributed by atoms with Crippen molar-refractivity contribution < 1.29 is 9.53 Å². The number of ether oxygens (including phenoxy) is 1.